The molecule has 1 heterocycles. The molecule has 0 N–H and O–H groups in total. The van der Waals surface area contributed by atoms with E-state index < -0.39 is 0 Å². The molecule has 0 amide bonds. The first-order valence-corrected chi connectivity index (χ1v) is 7.10. The van der Waals surface area contributed by atoms with Crippen LogP contribution in [0.1, 0.15) is 30.3 Å². The van der Waals surface area contributed by atoms with E-state index in [0.29, 0.717) is 11.8 Å². The van der Waals surface area contributed by atoms with Gasteiger partial charge in [0.2, 0.25) is 11.8 Å². The number of hydrogen-bond acceptors (Lipinski definition) is 4. The number of nitrogens with zero attached hydrogens (tertiary/aromatic N) is 3. The molecule has 19 heavy (non-hydrogen) atoms. The van der Waals surface area contributed by atoms with Gasteiger partial charge in [-0.25, -0.2) is 0 Å². The fourth-order valence-electron chi connectivity index (χ4n) is 1.82. The second-order valence-corrected chi connectivity index (χ2v) is 5.61. The van der Waals surface area contributed by atoms with Gasteiger partial charge in [0.05, 0.1) is 6.04 Å². The summed E-state index contributed by atoms with van der Waals surface area (Å²) in [6, 6.07) is 8.55. The van der Waals surface area contributed by atoms with Gasteiger partial charge in [-0.15, -0.1) is 10.2 Å². The molecular formula is C14H18BrN3O. The van der Waals surface area contributed by atoms with Crippen molar-refractivity contribution in [3.8, 4) is 0 Å². The summed E-state index contributed by atoms with van der Waals surface area (Å²) in [6.07, 6.45) is 1.00. The fraction of sp³-hybridized carbons (Fsp3) is 0.429. The Morgan fingerprint density at radius 3 is 2.53 bits per heavy atom. The van der Waals surface area contributed by atoms with Gasteiger partial charge in [0.1, 0.15) is 0 Å². The lowest BCUT2D eigenvalue weighted by molar-refractivity contribution is 0.225. The van der Waals surface area contributed by atoms with E-state index in [1.165, 1.54) is 5.56 Å². The van der Waals surface area contributed by atoms with Gasteiger partial charge >= 0.3 is 0 Å². The van der Waals surface area contributed by atoms with Gasteiger partial charge < -0.3 is 4.42 Å². The summed E-state index contributed by atoms with van der Waals surface area (Å²) in [4.78, 5) is 2.22. The monoisotopic (exact) mass is 323 g/mol. The summed E-state index contributed by atoms with van der Waals surface area (Å²) in [5, 5.41) is 7.94. The van der Waals surface area contributed by atoms with Crippen molar-refractivity contribution >= 4 is 15.9 Å². The molecule has 5 heteroatoms. The number of aryl methyl sites for hydroxylation is 1. The third-order valence-corrected chi connectivity index (χ3v) is 3.76. The maximum Gasteiger partial charge on any atom is 0.233 e. The molecule has 4 nitrogen and oxygen atoms in total. The van der Waals surface area contributed by atoms with Crippen molar-refractivity contribution in [2.75, 3.05) is 13.6 Å². The molecule has 0 aliphatic carbocycles. The second-order valence-electron chi connectivity index (χ2n) is 4.69. The van der Waals surface area contributed by atoms with Crippen molar-refractivity contribution in [1.82, 2.24) is 15.1 Å². The van der Waals surface area contributed by atoms with Crippen molar-refractivity contribution in [2.24, 2.45) is 0 Å². The molecule has 0 bridgehead atoms. The summed E-state index contributed by atoms with van der Waals surface area (Å²) < 4.78 is 6.57. The van der Waals surface area contributed by atoms with Crippen LogP contribution < -0.4 is 0 Å². The van der Waals surface area contributed by atoms with Crippen LogP contribution in [-0.4, -0.2) is 28.7 Å². The summed E-state index contributed by atoms with van der Waals surface area (Å²) in [5.41, 5.74) is 1.32. The van der Waals surface area contributed by atoms with E-state index in [9.17, 15) is 0 Å². The maximum absolute atomic E-state index is 5.46. The summed E-state index contributed by atoms with van der Waals surface area (Å²) in [7, 11) is 2.07. The Morgan fingerprint density at radius 2 is 1.95 bits per heavy atom. The number of benzene rings is 1. The zero-order valence-corrected chi connectivity index (χ0v) is 13.0. The van der Waals surface area contributed by atoms with Crippen LogP contribution in [-0.2, 0) is 6.42 Å². The van der Waals surface area contributed by atoms with Gasteiger partial charge in [-0.2, -0.15) is 0 Å². The lowest BCUT2D eigenvalue weighted by Gasteiger charge is -2.21. The molecule has 1 aromatic carbocycles. The molecule has 0 aliphatic heterocycles. The first-order valence-electron chi connectivity index (χ1n) is 6.31. The van der Waals surface area contributed by atoms with E-state index in [1.54, 1.807) is 0 Å². The van der Waals surface area contributed by atoms with Gasteiger partial charge in [-0.3, -0.25) is 4.90 Å². The van der Waals surface area contributed by atoms with Gasteiger partial charge in [-0.05, 0) is 38.1 Å². The van der Waals surface area contributed by atoms with Crippen LogP contribution in [0.5, 0.6) is 0 Å². The molecule has 0 spiro atoms. The quantitative estimate of drug-likeness (QED) is 0.846. The van der Waals surface area contributed by atoms with Crippen molar-refractivity contribution < 1.29 is 4.42 Å². The second kappa shape index (κ2) is 6.30. The van der Waals surface area contributed by atoms with Crippen molar-refractivity contribution in [3.05, 3.63) is 46.1 Å². The Bertz CT molecular complexity index is 524. The zero-order chi connectivity index (χ0) is 13.8. The topological polar surface area (TPSA) is 42.2 Å². The fourth-order valence-corrected chi connectivity index (χ4v) is 2.08. The molecule has 0 unspecified atom stereocenters. The minimum Gasteiger partial charge on any atom is -0.424 e. The van der Waals surface area contributed by atoms with Crippen LogP contribution in [0.3, 0.4) is 0 Å². The molecule has 0 fully saturated rings. The molecule has 0 radical (unpaired) electrons. The lowest BCUT2D eigenvalue weighted by Crippen LogP contribution is -2.25. The Kier molecular flexibility index (Phi) is 4.71. The molecule has 0 saturated carbocycles. The van der Waals surface area contributed by atoms with Crippen LogP contribution >= 0.6 is 15.9 Å². The van der Waals surface area contributed by atoms with Gasteiger partial charge in [0.15, 0.2) is 0 Å². The van der Waals surface area contributed by atoms with Crippen LogP contribution in [0.2, 0.25) is 0 Å². The Morgan fingerprint density at radius 1 is 1.26 bits per heavy atom. The minimum atomic E-state index is 0.136. The first kappa shape index (κ1) is 14.2. The van der Waals surface area contributed by atoms with Crippen molar-refractivity contribution in [3.63, 3.8) is 0 Å². The Labute approximate surface area is 122 Å². The van der Waals surface area contributed by atoms with E-state index in [1.807, 2.05) is 6.92 Å². The standard InChI is InChI=1S/C14H18BrN3O/c1-10(14-17-16-11(2)19-14)18(3)9-8-12-4-6-13(15)7-5-12/h4-7,10H,8-9H2,1-3H3/t10-/m1/s1. The van der Waals surface area contributed by atoms with E-state index >= 15 is 0 Å². The highest BCUT2D eigenvalue weighted by Gasteiger charge is 2.17. The maximum atomic E-state index is 5.46. The van der Waals surface area contributed by atoms with E-state index in [0.717, 1.165) is 17.4 Å². The van der Waals surface area contributed by atoms with Crippen LogP contribution in [0, 0.1) is 6.92 Å². The first-order chi connectivity index (χ1) is 9.06. The average molecular weight is 324 g/mol. The summed E-state index contributed by atoms with van der Waals surface area (Å²) in [5.74, 6) is 1.29. The van der Waals surface area contributed by atoms with Crippen molar-refractivity contribution in [2.45, 2.75) is 26.3 Å². The number of halogens is 1. The highest BCUT2D eigenvalue weighted by molar-refractivity contribution is 9.10. The number of rotatable bonds is 5. The SMILES string of the molecule is Cc1nnc([C@@H](C)N(C)CCc2ccc(Br)cc2)o1. The number of aromatic nitrogens is 2. The highest BCUT2D eigenvalue weighted by atomic mass is 79.9. The molecular weight excluding hydrogens is 306 g/mol. The molecule has 2 aromatic rings. The van der Waals surface area contributed by atoms with Crippen LogP contribution in [0.25, 0.3) is 0 Å². The summed E-state index contributed by atoms with van der Waals surface area (Å²) in [6.45, 7) is 4.84. The zero-order valence-electron chi connectivity index (χ0n) is 11.4. The van der Waals surface area contributed by atoms with Crippen molar-refractivity contribution in [1.29, 1.82) is 0 Å². The third-order valence-electron chi connectivity index (χ3n) is 3.23. The number of likely N-dealkylation sites (N-methyl/N-ethyl adjacent to an activating group) is 1. The normalized spacial score (nSPS) is 12.9. The van der Waals surface area contributed by atoms with Crippen LogP contribution in [0.15, 0.2) is 33.2 Å². The van der Waals surface area contributed by atoms with E-state index in [-0.39, 0.29) is 6.04 Å². The molecule has 0 saturated heterocycles. The molecule has 0 aliphatic rings. The highest BCUT2D eigenvalue weighted by Crippen LogP contribution is 2.18. The molecule has 102 valence electrons. The molecule has 1 atom stereocenters. The average Bonchev–Trinajstić information content (AvgIpc) is 2.83. The molecule has 2 rings (SSSR count). The largest absolute Gasteiger partial charge is 0.424 e. The van der Waals surface area contributed by atoms with Gasteiger partial charge in [0.25, 0.3) is 0 Å². The van der Waals surface area contributed by atoms with Gasteiger partial charge in [0, 0.05) is 17.9 Å². The minimum absolute atomic E-state index is 0.136. The lowest BCUT2D eigenvalue weighted by atomic mass is 10.1. The van der Waals surface area contributed by atoms with Gasteiger partial charge in [-0.1, -0.05) is 28.1 Å². The Hall–Kier alpha value is -1.20. The predicted octanol–water partition coefficient (Wildman–Crippen LogP) is 3.38. The Balaban J connectivity index is 1.90. The molecule has 1 aromatic heterocycles. The smallest absolute Gasteiger partial charge is 0.233 e. The third kappa shape index (κ3) is 3.88. The van der Waals surface area contributed by atoms with E-state index in [2.05, 4.69) is 69.3 Å². The predicted molar refractivity (Wildman–Crippen MR) is 77.9 cm³/mol. The van der Waals surface area contributed by atoms with Crippen LogP contribution in [0.4, 0.5) is 0 Å². The summed E-state index contributed by atoms with van der Waals surface area (Å²) >= 11 is 3.44. The number of hydrogen-bond donors (Lipinski definition) is 0. The van der Waals surface area contributed by atoms with E-state index in [4.69, 9.17) is 4.42 Å².